The molecule has 23 heavy (non-hydrogen) atoms. The topological polar surface area (TPSA) is 68.7 Å². The predicted molar refractivity (Wildman–Crippen MR) is 88.4 cm³/mol. The van der Waals surface area contributed by atoms with Crippen molar-refractivity contribution in [2.75, 3.05) is 14.2 Å². The van der Waals surface area contributed by atoms with Crippen LogP contribution in [0.3, 0.4) is 0 Å². The number of aryl methyl sites for hydroxylation is 1. The number of ether oxygens (including phenoxy) is 2. The Labute approximate surface area is 138 Å². The summed E-state index contributed by atoms with van der Waals surface area (Å²) in [5.41, 5.74) is 1.59. The molecule has 0 saturated carbocycles. The molecule has 124 valence electrons. The summed E-state index contributed by atoms with van der Waals surface area (Å²) < 4.78 is 23.5. The molecule has 1 unspecified atom stereocenters. The van der Waals surface area contributed by atoms with Crippen LogP contribution in [0.25, 0.3) is 0 Å². The van der Waals surface area contributed by atoms with E-state index < -0.39 is 16.9 Å². The van der Waals surface area contributed by atoms with Gasteiger partial charge in [0.15, 0.2) is 0 Å². The van der Waals surface area contributed by atoms with Crippen LogP contribution in [0, 0.1) is 6.92 Å². The number of hydrogen-bond donors (Lipinski definition) is 1. The fourth-order valence-corrected chi connectivity index (χ4v) is 3.50. The van der Waals surface area contributed by atoms with E-state index in [9.17, 15) is 9.32 Å². The number of rotatable bonds is 6. The van der Waals surface area contributed by atoms with E-state index in [4.69, 9.17) is 9.47 Å². The minimum Gasteiger partial charge on any atom is -0.481 e. The molecule has 1 heterocycles. The van der Waals surface area contributed by atoms with Crippen molar-refractivity contribution in [3.8, 4) is 11.8 Å². The highest BCUT2D eigenvalue weighted by Gasteiger charge is 2.24. The lowest BCUT2D eigenvalue weighted by Crippen LogP contribution is -2.08. The number of pyridine rings is 1. The molecule has 2 rings (SSSR count). The summed E-state index contributed by atoms with van der Waals surface area (Å²) in [6.45, 7) is 3.82. The first-order chi connectivity index (χ1) is 11.0. The van der Waals surface area contributed by atoms with Gasteiger partial charge < -0.3 is 14.6 Å². The van der Waals surface area contributed by atoms with Crippen molar-refractivity contribution in [1.82, 2.24) is 4.98 Å². The lowest BCUT2D eigenvalue weighted by Gasteiger charge is -2.17. The van der Waals surface area contributed by atoms with Crippen LogP contribution in [0.4, 0.5) is 0 Å². The van der Waals surface area contributed by atoms with Crippen LogP contribution in [0.15, 0.2) is 40.1 Å². The highest BCUT2D eigenvalue weighted by Crippen LogP contribution is 2.35. The summed E-state index contributed by atoms with van der Waals surface area (Å²) in [7, 11) is 1.43. The number of hydrogen-bond acceptors (Lipinski definition) is 5. The van der Waals surface area contributed by atoms with Gasteiger partial charge in [-0.1, -0.05) is 24.6 Å². The predicted octanol–water partition coefficient (Wildman–Crippen LogP) is 3.02. The Bertz CT molecular complexity index is 700. The van der Waals surface area contributed by atoms with Gasteiger partial charge in [-0.25, -0.2) is 4.21 Å². The molecule has 2 aromatic rings. The van der Waals surface area contributed by atoms with E-state index in [1.807, 2.05) is 26.0 Å². The first-order valence-electron chi connectivity index (χ1n) is 7.31. The fraction of sp³-hybridized carbons (Fsp3) is 0.353. The normalized spacial score (nSPS) is 13.4. The van der Waals surface area contributed by atoms with Crippen LogP contribution in [-0.4, -0.2) is 28.5 Å². The second-order valence-corrected chi connectivity index (χ2v) is 6.52. The molecule has 2 atom stereocenters. The maximum Gasteiger partial charge on any atom is 0.233 e. The molecule has 1 aromatic carbocycles. The van der Waals surface area contributed by atoms with Crippen molar-refractivity contribution in [1.29, 1.82) is 0 Å². The monoisotopic (exact) mass is 335 g/mol. The Morgan fingerprint density at radius 2 is 1.87 bits per heavy atom. The van der Waals surface area contributed by atoms with Gasteiger partial charge in [0.1, 0.15) is 4.90 Å². The Morgan fingerprint density at radius 3 is 2.39 bits per heavy atom. The van der Waals surface area contributed by atoms with Crippen molar-refractivity contribution in [2.45, 2.75) is 36.2 Å². The van der Waals surface area contributed by atoms with Crippen molar-refractivity contribution < 1.29 is 18.8 Å². The molecule has 0 amide bonds. The van der Waals surface area contributed by atoms with Gasteiger partial charge in [0.05, 0.1) is 31.1 Å². The molecule has 0 aliphatic heterocycles. The van der Waals surface area contributed by atoms with Crippen LogP contribution in [0.2, 0.25) is 0 Å². The van der Waals surface area contributed by atoms with E-state index in [2.05, 4.69) is 4.98 Å². The lowest BCUT2D eigenvalue weighted by atomic mass is 10.1. The van der Waals surface area contributed by atoms with Gasteiger partial charge in [0, 0.05) is 16.5 Å². The zero-order chi connectivity index (χ0) is 17.0. The van der Waals surface area contributed by atoms with E-state index >= 15 is 0 Å². The number of methoxy groups -OCH3 is 2. The van der Waals surface area contributed by atoms with Gasteiger partial charge in [-0.15, -0.1) is 0 Å². The largest absolute Gasteiger partial charge is 0.481 e. The standard InChI is InChI=1S/C17H21NO4S/c1-5-14(19)13-10-15(21-3)18-17(22-4)16(13)23(20)12-8-6-11(2)7-9-12/h6-10,14,19H,5H2,1-4H3/t14-,23?/m1/s1. The van der Waals surface area contributed by atoms with Crippen molar-refractivity contribution in [2.24, 2.45) is 0 Å². The van der Waals surface area contributed by atoms with Gasteiger partial charge in [-0.2, -0.15) is 4.98 Å². The van der Waals surface area contributed by atoms with Crippen LogP contribution in [0.1, 0.15) is 30.6 Å². The van der Waals surface area contributed by atoms with Crippen molar-refractivity contribution >= 4 is 10.8 Å². The molecule has 0 fully saturated rings. The van der Waals surface area contributed by atoms with E-state index in [0.29, 0.717) is 27.7 Å². The molecule has 0 spiro atoms. The fourth-order valence-electron chi connectivity index (χ4n) is 2.18. The minimum atomic E-state index is -1.51. The molecule has 0 aliphatic rings. The summed E-state index contributed by atoms with van der Waals surface area (Å²) in [5, 5.41) is 10.3. The molecule has 0 bridgehead atoms. The Hall–Kier alpha value is -1.92. The third-order valence-corrected chi connectivity index (χ3v) is 5.00. The average Bonchev–Trinajstić information content (AvgIpc) is 2.59. The zero-order valence-corrected chi connectivity index (χ0v) is 14.5. The minimum absolute atomic E-state index is 0.200. The molecule has 0 aliphatic carbocycles. The first-order valence-corrected chi connectivity index (χ1v) is 8.46. The molecule has 1 N–H and O–H groups in total. The summed E-state index contributed by atoms with van der Waals surface area (Å²) in [6.07, 6.45) is -0.292. The van der Waals surface area contributed by atoms with Crippen molar-refractivity contribution in [3.05, 3.63) is 41.5 Å². The number of nitrogens with zero attached hydrogens (tertiary/aromatic N) is 1. The van der Waals surface area contributed by atoms with Gasteiger partial charge in [0.25, 0.3) is 0 Å². The highest BCUT2D eigenvalue weighted by molar-refractivity contribution is 7.85. The maximum absolute atomic E-state index is 13.0. The molecule has 6 heteroatoms. The Balaban J connectivity index is 2.62. The van der Waals surface area contributed by atoms with Gasteiger partial charge in [0.2, 0.25) is 11.8 Å². The molecular weight excluding hydrogens is 314 g/mol. The molecule has 0 saturated heterocycles. The van der Waals surface area contributed by atoms with E-state index in [-0.39, 0.29) is 5.88 Å². The molecule has 5 nitrogen and oxygen atoms in total. The van der Waals surface area contributed by atoms with E-state index in [1.54, 1.807) is 18.2 Å². The summed E-state index contributed by atoms with van der Waals surface area (Å²) >= 11 is 0. The van der Waals surface area contributed by atoms with Gasteiger partial charge in [-0.3, -0.25) is 0 Å². The highest BCUT2D eigenvalue weighted by atomic mass is 32.2. The maximum atomic E-state index is 13.0. The number of aromatic nitrogens is 1. The zero-order valence-electron chi connectivity index (χ0n) is 13.7. The smallest absolute Gasteiger partial charge is 0.233 e. The van der Waals surface area contributed by atoms with Crippen LogP contribution < -0.4 is 9.47 Å². The van der Waals surface area contributed by atoms with Gasteiger partial charge in [-0.05, 0) is 25.5 Å². The Kier molecular flexibility index (Phi) is 5.74. The van der Waals surface area contributed by atoms with E-state index in [0.717, 1.165) is 5.56 Å². The number of aliphatic hydroxyl groups excluding tert-OH is 1. The quantitative estimate of drug-likeness (QED) is 0.879. The second kappa shape index (κ2) is 7.57. The number of aliphatic hydroxyl groups is 1. The SMILES string of the molecule is CC[C@@H](O)c1cc(OC)nc(OC)c1S(=O)c1ccc(C)cc1. The Morgan fingerprint density at radius 1 is 1.22 bits per heavy atom. The van der Waals surface area contributed by atoms with Gasteiger partial charge >= 0.3 is 0 Å². The van der Waals surface area contributed by atoms with Crippen LogP contribution in [0.5, 0.6) is 11.8 Å². The summed E-state index contributed by atoms with van der Waals surface area (Å²) in [5.74, 6) is 0.514. The molecule has 1 aromatic heterocycles. The summed E-state index contributed by atoms with van der Waals surface area (Å²) in [6, 6.07) is 9.01. The van der Waals surface area contributed by atoms with Crippen molar-refractivity contribution in [3.63, 3.8) is 0 Å². The lowest BCUT2D eigenvalue weighted by molar-refractivity contribution is 0.169. The second-order valence-electron chi connectivity index (χ2n) is 5.10. The third kappa shape index (κ3) is 3.71. The van der Waals surface area contributed by atoms with E-state index in [1.165, 1.54) is 14.2 Å². The number of benzene rings is 1. The first kappa shape index (κ1) is 17.4. The molecular formula is C17H21NO4S. The molecule has 0 radical (unpaired) electrons. The van der Waals surface area contributed by atoms with Crippen LogP contribution in [-0.2, 0) is 10.8 Å². The average molecular weight is 335 g/mol. The summed E-state index contributed by atoms with van der Waals surface area (Å²) in [4.78, 5) is 5.21. The third-order valence-electron chi connectivity index (χ3n) is 3.52. The van der Waals surface area contributed by atoms with Crippen LogP contribution >= 0.6 is 0 Å².